The zero-order chi connectivity index (χ0) is 9.35. The Labute approximate surface area is 77.1 Å². The molecule has 0 aliphatic carbocycles. The second-order valence-electron chi connectivity index (χ2n) is 5.68. The molecule has 1 nitrogen and oxygen atoms in total. The quantitative estimate of drug-likeness (QED) is 0.614. The van der Waals surface area contributed by atoms with Crippen LogP contribution in [-0.2, 0) is 0 Å². The van der Waals surface area contributed by atoms with Crippen LogP contribution in [0.15, 0.2) is 0 Å². The van der Waals surface area contributed by atoms with E-state index in [9.17, 15) is 0 Å². The Morgan fingerprint density at radius 1 is 1.25 bits per heavy atom. The molecule has 0 atom stereocenters. The normalized spacial score (nSPS) is 21.5. The molecule has 0 aromatic carbocycles. The van der Waals surface area contributed by atoms with Crippen molar-refractivity contribution in [1.82, 2.24) is 4.90 Å². The summed E-state index contributed by atoms with van der Waals surface area (Å²) in [4.78, 5) is 2.57. The molecule has 0 aromatic rings. The van der Waals surface area contributed by atoms with Crippen LogP contribution in [0.1, 0.15) is 34.6 Å². The van der Waals surface area contributed by atoms with Crippen LogP contribution in [0, 0.1) is 17.3 Å². The van der Waals surface area contributed by atoms with E-state index in [0.717, 1.165) is 11.8 Å². The van der Waals surface area contributed by atoms with Gasteiger partial charge in [-0.25, -0.2) is 0 Å². The zero-order valence-corrected chi connectivity index (χ0v) is 9.22. The van der Waals surface area contributed by atoms with E-state index in [1.165, 1.54) is 19.6 Å². The minimum atomic E-state index is 0.521. The van der Waals surface area contributed by atoms with E-state index >= 15 is 0 Å². The average Bonchev–Trinajstić information content (AvgIpc) is 1.73. The van der Waals surface area contributed by atoms with Crippen LogP contribution in [0.4, 0.5) is 0 Å². The predicted molar refractivity (Wildman–Crippen MR) is 54.2 cm³/mol. The van der Waals surface area contributed by atoms with Gasteiger partial charge in [-0.1, -0.05) is 34.6 Å². The molecule has 1 aliphatic rings. The van der Waals surface area contributed by atoms with Gasteiger partial charge in [-0.05, 0) is 17.3 Å². The van der Waals surface area contributed by atoms with E-state index in [-0.39, 0.29) is 0 Å². The first kappa shape index (κ1) is 10.0. The molecule has 1 aliphatic heterocycles. The van der Waals surface area contributed by atoms with Crippen LogP contribution in [0.3, 0.4) is 0 Å². The monoisotopic (exact) mass is 169 g/mol. The maximum absolute atomic E-state index is 2.57. The molecule has 0 unspecified atom stereocenters. The summed E-state index contributed by atoms with van der Waals surface area (Å²) in [7, 11) is 0. The Morgan fingerprint density at radius 3 is 2.08 bits per heavy atom. The van der Waals surface area contributed by atoms with Crippen LogP contribution < -0.4 is 0 Å². The Hall–Kier alpha value is -0.0400. The topological polar surface area (TPSA) is 3.24 Å². The van der Waals surface area contributed by atoms with Crippen LogP contribution in [0.25, 0.3) is 0 Å². The van der Waals surface area contributed by atoms with Gasteiger partial charge in [0.2, 0.25) is 0 Å². The molecular formula is C11H23N. The fourth-order valence-corrected chi connectivity index (χ4v) is 1.78. The fraction of sp³-hybridized carbons (Fsp3) is 1.00. The molecule has 1 fully saturated rings. The zero-order valence-electron chi connectivity index (χ0n) is 9.22. The molecule has 0 saturated carbocycles. The Balaban J connectivity index is 2.20. The summed E-state index contributed by atoms with van der Waals surface area (Å²) in [5.41, 5.74) is 0.521. The lowest BCUT2D eigenvalue weighted by Crippen LogP contribution is -2.52. The molecule has 1 rings (SSSR count). The van der Waals surface area contributed by atoms with Gasteiger partial charge in [-0.2, -0.15) is 0 Å². The van der Waals surface area contributed by atoms with E-state index in [1.54, 1.807) is 0 Å². The number of hydrogen-bond donors (Lipinski definition) is 0. The molecule has 1 heterocycles. The van der Waals surface area contributed by atoms with Gasteiger partial charge in [0.1, 0.15) is 0 Å². The highest BCUT2D eigenvalue weighted by molar-refractivity contribution is 4.87. The molecule has 0 amide bonds. The van der Waals surface area contributed by atoms with Gasteiger partial charge < -0.3 is 4.90 Å². The smallest absolute Gasteiger partial charge is 0.00271 e. The largest absolute Gasteiger partial charge is 0.302 e. The summed E-state index contributed by atoms with van der Waals surface area (Å²) >= 11 is 0. The highest BCUT2D eigenvalue weighted by atomic mass is 15.2. The standard InChI is InChI=1S/C11H23N/c1-9(2)6-12-7-10(8-12)11(3,4)5/h9-10H,6-8H2,1-5H3. The van der Waals surface area contributed by atoms with Gasteiger partial charge in [0.25, 0.3) is 0 Å². The molecule has 1 heteroatoms. The third kappa shape index (κ3) is 2.48. The molecule has 1 saturated heterocycles. The predicted octanol–water partition coefficient (Wildman–Crippen LogP) is 2.62. The van der Waals surface area contributed by atoms with Crippen molar-refractivity contribution in [2.24, 2.45) is 17.3 Å². The lowest BCUT2D eigenvalue weighted by molar-refractivity contribution is 0.0172. The van der Waals surface area contributed by atoms with E-state index < -0.39 is 0 Å². The summed E-state index contributed by atoms with van der Waals surface area (Å²) in [5, 5.41) is 0. The first-order chi connectivity index (χ1) is 5.39. The molecule has 0 bridgehead atoms. The van der Waals surface area contributed by atoms with Crippen molar-refractivity contribution in [2.75, 3.05) is 19.6 Å². The Morgan fingerprint density at radius 2 is 1.75 bits per heavy atom. The average molecular weight is 169 g/mol. The number of likely N-dealkylation sites (tertiary alicyclic amines) is 1. The third-order valence-electron chi connectivity index (χ3n) is 2.81. The van der Waals surface area contributed by atoms with Crippen LogP contribution >= 0.6 is 0 Å². The van der Waals surface area contributed by atoms with Gasteiger partial charge in [0, 0.05) is 19.6 Å². The Kier molecular flexibility index (Phi) is 2.82. The summed E-state index contributed by atoms with van der Waals surface area (Å²) in [6, 6.07) is 0. The molecule has 0 N–H and O–H groups in total. The van der Waals surface area contributed by atoms with Crippen molar-refractivity contribution < 1.29 is 0 Å². The van der Waals surface area contributed by atoms with E-state index in [2.05, 4.69) is 39.5 Å². The third-order valence-corrected chi connectivity index (χ3v) is 2.81. The molecular weight excluding hydrogens is 146 g/mol. The first-order valence-corrected chi connectivity index (χ1v) is 5.12. The van der Waals surface area contributed by atoms with E-state index in [0.29, 0.717) is 5.41 Å². The summed E-state index contributed by atoms with van der Waals surface area (Å²) in [6.07, 6.45) is 0. The first-order valence-electron chi connectivity index (χ1n) is 5.12. The van der Waals surface area contributed by atoms with E-state index in [4.69, 9.17) is 0 Å². The van der Waals surface area contributed by atoms with Gasteiger partial charge in [0.15, 0.2) is 0 Å². The summed E-state index contributed by atoms with van der Waals surface area (Å²) in [6.45, 7) is 15.6. The van der Waals surface area contributed by atoms with Gasteiger partial charge in [0.05, 0.1) is 0 Å². The van der Waals surface area contributed by atoms with Crippen LogP contribution in [0.2, 0.25) is 0 Å². The number of hydrogen-bond acceptors (Lipinski definition) is 1. The van der Waals surface area contributed by atoms with Crippen molar-refractivity contribution in [3.05, 3.63) is 0 Å². The van der Waals surface area contributed by atoms with Crippen molar-refractivity contribution in [2.45, 2.75) is 34.6 Å². The van der Waals surface area contributed by atoms with Crippen LogP contribution in [-0.4, -0.2) is 24.5 Å². The molecule has 0 spiro atoms. The van der Waals surface area contributed by atoms with Crippen molar-refractivity contribution in [3.8, 4) is 0 Å². The second-order valence-corrected chi connectivity index (χ2v) is 5.68. The lowest BCUT2D eigenvalue weighted by atomic mass is 9.76. The van der Waals surface area contributed by atoms with Crippen molar-refractivity contribution >= 4 is 0 Å². The van der Waals surface area contributed by atoms with Gasteiger partial charge >= 0.3 is 0 Å². The minimum absolute atomic E-state index is 0.521. The van der Waals surface area contributed by atoms with E-state index in [1.807, 2.05) is 0 Å². The number of nitrogens with zero attached hydrogens (tertiary/aromatic N) is 1. The maximum atomic E-state index is 2.57. The lowest BCUT2D eigenvalue weighted by Gasteiger charge is -2.47. The molecule has 12 heavy (non-hydrogen) atoms. The number of rotatable bonds is 2. The van der Waals surface area contributed by atoms with Gasteiger partial charge in [-0.3, -0.25) is 0 Å². The fourth-order valence-electron chi connectivity index (χ4n) is 1.78. The maximum Gasteiger partial charge on any atom is 0.00271 e. The van der Waals surface area contributed by atoms with Crippen molar-refractivity contribution in [1.29, 1.82) is 0 Å². The molecule has 72 valence electrons. The highest BCUT2D eigenvalue weighted by Crippen LogP contribution is 2.33. The second kappa shape index (κ2) is 3.37. The summed E-state index contributed by atoms with van der Waals surface area (Å²) in [5.74, 6) is 1.75. The highest BCUT2D eigenvalue weighted by Gasteiger charge is 2.35. The SMILES string of the molecule is CC(C)CN1CC(C(C)(C)C)C1. The van der Waals surface area contributed by atoms with Crippen LogP contribution in [0.5, 0.6) is 0 Å². The minimum Gasteiger partial charge on any atom is -0.302 e. The van der Waals surface area contributed by atoms with Gasteiger partial charge in [-0.15, -0.1) is 0 Å². The summed E-state index contributed by atoms with van der Waals surface area (Å²) < 4.78 is 0. The Bertz CT molecular complexity index is 138. The van der Waals surface area contributed by atoms with Crippen molar-refractivity contribution in [3.63, 3.8) is 0 Å². The molecule has 0 aromatic heterocycles. The molecule has 0 radical (unpaired) electrons.